The quantitative estimate of drug-likeness (QED) is 0.376. The summed E-state index contributed by atoms with van der Waals surface area (Å²) in [5.41, 5.74) is 2.36. The molecule has 9 nitrogen and oxygen atoms in total. The number of hydrogen-bond donors (Lipinski definition) is 2. The average molecular weight is 598 g/mol. The van der Waals surface area contributed by atoms with Crippen LogP contribution in [0.5, 0.6) is 0 Å². The molecule has 1 aliphatic carbocycles. The predicted octanol–water partition coefficient (Wildman–Crippen LogP) is 4.91. The lowest BCUT2D eigenvalue weighted by atomic mass is 9.80. The smallest absolute Gasteiger partial charge is 0.410 e. The van der Waals surface area contributed by atoms with Crippen LogP contribution >= 0.6 is 0 Å². The molecule has 2 aromatic carbocycles. The molecule has 2 heterocycles. The van der Waals surface area contributed by atoms with Gasteiger partial charge in [0, 0.05) is 73.5 Å². The van der Waals surface area contributed by atoms with E-state index in [1.165, 1.54) is 6.07 Å². The Hall–Kier alpha value is -4.41. The van der Waals surface area contributed by atoms with Gasteiger partial charge in [-0.3, -0.25) is 14.6 Å². The Labute approximate surface area is 258 Å². The van der Waals surface area contributed by atoms with E-state index in [9.17, 15) is 18.8 Å². The molecule has 3 unspecified atom stereocenters. The predicted molar refractivity (Wildman–Crippen MR) is 167 cm³/mol. The van der Waals surface area contributed by atoms with E-state index >= 15 is 0 Å². The number of anilines is 2. The van der Waals surface area contributed by atoms with Crippen molar-refractivity contribution in [3.8, 4) is 0 Å². The van der Waals surface area contributed by atoms with Gasteiger partial charge in [-0.25, -0.2) is 9.18 Å². The summed E-state index contributed by atoms with van der Waals surface area (Å²) in [5, 5.41) is 4.81. The molecule has 1 aromatic heterocycles. The topological polar surface area (TPSA) is 104 Å². The number of ether oxygens (including phenoxy) is 1. The van der Waals surface area contributed by atoms with Crippen molar-refractivity contribution in [2.75, 3.05) is 36.4 Å². The number of nitrogens with one attached hydrogen (secondary N) is 2. The fourth-order valence-electron chi connectivity index (χ4n) is 5.64. The van der Waals surface area contributed by atoms with Gasteiger partial charge in [0.15, 0.2) is 0 Å². The zero-order valence-electron chi connectivity index (χ0n) is 25.5. The van der Waals surface area contributed by atoms with Gasteiger partial charge in [0.1, 0.15) is 11.4 Å². The van der Waals surface area contributed by atoms with Crippen LogP contribution in [0, 0.1) is 11.7 Å². The van der Waals surface area contributed by atoms with Crippen LogP contribution in [0.3, 0.4) is 0 Å². The van der Waals surface area contributed by atoms with Crippen LogP contribution in [-0.2, 0) is 16.1 Å². The number of pyridine rings is 1. The Kier molecular flexibility index (Phi) is 8.68. The van der Waals surface area contributed by atoms with Gasteiger partial charge in [-0.15, -0.1) is 0 Å². The average Bonchev–Trinajstić information content (AvgIpc) is 3.58. The zero-order valence-corrected chi connectivity index (χ0v) is 25.5. The van der Waals surface area contributed by atoms with Gasteiger partial charge >= 0.3 is 6.09 Å². The number of piperazine rings is 1. The van der Waals surface area contributed by atoms with E-state index in [1.807, 2.05) is 45.9 Å². The third kappa shape index (κ3) is 7.04. The van der Waals surface area contributed by atoms with Crippen LogP contribution in [-0.4, -0.2) is 67.4 Å². The third-order valence-corrected chi connectivity index (χ3v) is 8.08. The highest BCUT2D eigenvalue weighted by Crippen LogP contribution is 2.68. The van der Waals surface area contributed by atoms with Crippen LogP contribution in [0.2, 0.25) is 5.31 Å². The summed E-state index contributed by atoms with van der Waals surface area (Å²) < 4.78 is 20.4. The largest absolute Gasteiger partial charge is 0.444 e. The molecule has 2 aliphatic rings. The number of halogens is 1. The molecular weight excluding hydrogens is 560 g/mol. The zero-order chi connectivity index (χ0) is 31.6. The van der Waals surface area contributed by atoms with Gasteiger partial charge < -0.3 is 25.2 Å². The second-order valence-corrected chi connectivity index (χ2v) is 12.6. The Morgan fingerprint density at radius 2 is 1.77 bits per heavy atom. The van der Waals surface area contributed by atoms with Crippen molar-refractivity contribution in [2.24, 2.45) is 5.92 Å². The molecule has 3 amide bonds. The molecule has 5 rings (SSSR count). The van der Waals surface area contributed by atoms with Crippen molar-refractivity contribution >= 4 is 37.1 Å². The number of hydrogen-bond acceptors (Lipinski definition) is 6. The molecule has 1 saturated carbocycles. The summed E-state index contributed by atoms with van der Waals surface area (Å²) in [4.78, 5) is 46.0. The summed E-state index contributed by atoms with van der Waals surface area (Å²) in [7, 11) is 6.37. The fraction of sp³-hybridized carbons (Fsp3) is 0.394. The SMILES string of the molecule is [B]C1(C)C(C(=O)Nc2ccc(CNC(=O)c3ccc(N4CCN(C(=O)OC(C)(C)C)CC4)cc3)c(F)c2)C1c1cccnc1. The molecule has 3 atom stereocenters. The van der Waals surface area contributed by atoms with Crippen LogP contribution in [0.15, 0.2) is 67.0 Å². The number of rotatable bonds is 7. The van der Waals surface area contributed by atoms with E-state index in [0.717, 1.165) is 11.3 Å². The molecule has 44 heavy (non-hydrogen) atoms. The molecule has 2 fully saturated rings. The molecular formula is C33H37BFN5O4. The van der Waals surface area contributed by atoms with E-state index in [1.54, 1.807) is 47.6 Å². The van der Waals surface area contributed by atoms with Crippen LogP contribution < -0.4 is 15.5 Å². The van der Waals surface area contributed by atoms with Crippen molar-refractivity contribution < 1.29 is 23.5 Å². The van der Waals surface area contributed by atoms with Gasteiger partial charge in [-0.2, -0.15) is 0 Å². The first-order valence-electron chi connectivity index (χ1n) is 14.7. The maximum Gasteiger partial charge on any atom is 0.410 e. The molecule has 0 bridgehead atoms. The molecule has 2 radical (unpaired) electrons. The molecule has 1 saturated heterocycles. The summed E-state index contributed by atoms with van der Waals surface area (Å²) in [6, 6.07) is 15.3. The van der Waals surface area contributed by atoms with E-state index in [4.69, 9.17) is 12.6 Å². The van der Waals surface area contributed by atoms with Crippen LogP contribution in [0.25, 0.3) is 0 Å². The number of aromatic nitrogens is 1. The van der Waals surface area contributed by atoms with Crippen molar-refractivity contribution in [3.63, 3.8) is 0 Å². The Morgan fingerprint density at radius 3 is 2.39 bits per heavy atom. The molecule has 2 N–H and O–H groups in total. The Balaban J connectivity index is 1.10. The van der Waals surface area contributed by atoms with E-state index < -0.39 is 22.7 Å². The minimum absolute atomic E-state index is 0.0140. The lowest BCUT2D eigenvalue weighted by Crippen LogP contribution is -2.50. The van der Waals surface area contributed by atoms with Crippen molar-refractivity contribution in [1.29, 1.82) is 0 Å². The monoisotopic (exact) mass is 597 g/mol. The van der Waals surface area contributed by atoms with E-state index in [-0.39, 0.29) is 30.4 Å². The highest BCUT2D eigenvalue weighted by molar-refractivity contribution is 6.23. The molecule has 11 heteroatoms. The Bertz CT molecular complexity index is 1520. The number of nitrogens with zero attached hydrogens (tertiary/aromatic N) is 3. The van der Waals surface area contributed by atoms with Crippen molar-refractivity contribution in [2.45, 2.75) is 51.1 Å². The maximum absolute atomic E-state index is 14.9. The highest BCUT2D eigenvalue weighted by atomic mass is 19.1. The number of carbonyl (C=O) groups excluding carboxylic acids is 3. The molecule has 3 aromatic rings. The van der Waals surface area contributed by atoms with Gasteiger partial charge in [0.05, 0.1) is 7.85 Å². The van der Waals surface area contributed by atoms with Crippen molar-refractivity contribution in [3.05, 3.63) is 89.5 Å². The lowest BCUT2D eigenvalue weighted by Gasteiger charge is -2.36. The van der Waals surface area contributed by atoms with Gasteiger partial charge in [0.2, 0.25) is 5.91 Å². The minimum atomic E-state index is -0.717. The lowest BCUT2D eigenvalue weighted by molar-refractivity contribution is -0.117. The third-order valence-electron chi connectivity index (χ3n) is 8.08. The van der Waals surface area contributed by atoms with Crippen molar-refractivity contribution in [1.82, 2.24) is 15.2 Å². The second kappa shape index (κ2) is 12.3. The summed E-state index contributed by atoms with van der Waals surface area (Å²) in [6.07, 6.45) is 3.06. The van der Waals surface area contributed by atoms with E-state index in [0.29, 0.717) is 43.0 Å². The fourth-order valence-corrected chi connectivity index (χ4v) is 5.64. The van der Waals surface area contributed by atoms with Gasteiger partial charge in [-0.05, 0) is 80.0 Å². The normalized spacial score (nSPS) is 21.4. The number of benzene rings is 2. The second-order valence-electron chi connectivity index (χ2n) is 12.6. The summed E-state index contributed by atoms with van der Waals surface area (Å²) >= 11 is 0. The molecule has 1 aliphatic heterocycles. The maximum atomic E-state index is 14.9. The number of carbonyl (C=O) groups is 3. The summed E-state index contributed by atoms with van der Waals surface area (Å²) in [5.74, 6) is -1.78. The van der Waals surface area contributed by atoms with E-state index in [2.05, 4.69) is 20.5 Å². The van der Waals surface area contributed by atoms with Crippen LogP contribution in [0.4, 0.5) is 20.6 Å². The van der Waals surface area contributed by atoms with Crippen LogP contribution in [0.1, 0.15) is 55.1 Å². The first-order valence-corrected chi connectivity index (χ1v) is 14.7. The first kappa shape index (κ1) is 31.0. The standard InChI is InChI=1S/C33H37BFN5O4/c1-32(2,3)44-31(43)40-16-14-39(15-17-40)25-11-8-21(9-12-25)29(41)37-20-22-7-10-24(18-26(22)35)38-30(42)28-27(33(28,4)34)23-6-5-13-36-19-23/h5-13,18-19,27-28H,14-17,20H2,1-4H3,(H,37,41)(H,38,42). The summed E-state index contributed by atoms with van der Waals surface area (Å²) in [6.45, 7) is 9.74. The molecule has 228 valence electrons. The van der Waals surface area contributed by atoms with Gasteiger partial charge in [-0.1, -0.05) is 19.1 Å². The first-order chi connectivity index (χ1) is 20.8. The van der Waals surface area contributed by atoms with Gasteiger partial charge in [0.25, 0.3) is 5.91 Å². The Morgan fingerprint density at radius 1 is 1.07 bits per heavy atom. The highest BCUT2D eigenvalue weighted by Gasteiger charge is 2.61. The number of amides is 3. The minimum Gasteiger partial charge on any atom is -0.444 e. The molecule has 0 spiro atoms.